The van der Waals surface area contributed by atoms with Crippen molar-refractivity contribution in [3.8, 4) is 11.1 Å². The Labute approximate surface area is 178 Å². The van der Waals surface area contributed by atoms with E-state index >= 15 is 0 Å². The van der Waals surface area contributed by atoms with E-state index in [1.165, 1.54) is 77.2 Å². The topological polar surface area (TPSA) is 12.9 Å². The highest BCUT2D eigenvalue weighted by Crippen LogP contribution is 2.27. The predicted molar refractivity (Wildman–Crippen MR) is 130 cm³/mol. The van der Waals surface area contributed by atoms with Gasteiger partial charge in [-0.25, -0.2) is 0 Å². The van der Waals surface area contributed by atoms with Crippen LogP contribution < -0.4 is 0 Å². The highest BCUT2D eigenvalue weighted by molar-refractivity contribution is 5.87. The van der Waals surface area contributed by atoms with Crippen LogP contribution in [0.5, 0.6) is 0 Å². The van der Waals surface area contributed by atoms with Crippen molar-refractivity contribution in [3.05, 3.63) is 65.5 Å². The standard InChI is InChI=1S/C26H33N.C2H6/c1-4-6-7-8-9-10-11-26-18-25-17-23(14-15-24(25)19-27-26)22-13-12-20(3)21(5-2)16-22;1-2/h12-19H,4-11H2,1-3H3;1-2H3. The number of fused-ring (bicyclic) bond motifs is 1. The van der Waals surface area contributed by atoms with Crippen molar-refractivity contribution in [1.82, 2.24) is 4.98 Å². The third-order valence-electron chi connectivity index (χ3n) is 5.63. The first kappa shape index (κ1) is 23.1. The summed E-state index contributed by atoms with van der Waals surface area (Å²) in [5, 5.41) is 2.54. The number of aryl methyl sites for hydroxylation is 3. The molecule has 0 aliphatic carbocycles. The van der Waals surface area contributed by atoms with Crippen molar-refractivity contribution in [2.75, 3.05) is 0 Å². The van der Waals surface area contributed by atoms with Gasteiger partial charge in [-0.3, -0.25) is 4.98 Å². The summed E-state index contributed by atoms with van der Waals surface area (Å²) in [6.45, 7) is 10.7. The van der Waals surface area contributed by atoms with Gasteiger partial charge in [0.1, 0.15) is 0 Å². The third-order valence-corrected chi connectivity index (χ3v) is 5.63. The average Bonchev–Trinajstić information content (AvgIpc) is 2.77. The number of benzene rings is 2. The molecule has 2 aromatic carbocycles. The molecule has 0 fully saturated rings. The number of pyridine rings is 1. The zero-order valence-electron chi connectivity index (χ0n) is 19.2. The second-order valence-corrected chi connectivity index (χ2v) is 7.75. The fourth-order valence-electron chi connectivity index (χ4n) is 3.82. The van der Waals surface area contributed by atoms with Gasteiger partial charge in [-0.15, -0.1) is 0 Å². The number of hydrogen-bond donors (Lipinski definition) is 0. The largest absolute Gasteiger partial charge is 0.261 e. The van der Waals surface area contributed by atoms with E-state index in [1.807, 2.05) is 20.0 Å². The highest BCUT2D eigenvalue weighted by atomic mass is 14.7. The van der Waals surface area contributed by atoms with Crippen LogP contribution >= 0.6 is 0 Å². The SMILES string of the molecule is CC.CCCCCCCCc1cc2cc(-c3ccc(C)c(CC)c3)ccc2cn1. The smallest absolute Gasteiger partial charge is 0.0410 e. The number of unbranched alkanes of at least 4 members (excludes halogenated alkanes) is 5. The van der Waals surface area contributed by atoms with Gasteiger partial charge < -0.3 is 0 Å². The molecule has 0 spiro atoms. The Bertz CT molecular complexity index is 879. The fourth-order valence-corrected chi connectivity index (χ4v) is 3.82. The lowest BCUT2D eigenvalue weighted by Crippen LogP contribution is -1.92. The van der Waals surface area contributed by atoms with Gasteiger partial charge in [-0.05, 0) is 66.0 Å². The van der Waals surface area contributed by atoms with E-state index in [-0.39, 0.29) is 0 Å². The highest BCUT2D eigenvalue weighted by Gasteiger charge is 2.05. The Kier molecular flexibility index (Phi) is 9.91. The lowest BCUT2D eigenvalue weighted by Gasteiger charge is -2.09. The van der Waals surface area contributed by atoms with Crippen molar-refractivity contribution in [3.63, 3.8) is 0 Å². The van der Waals surface area contributed by atoms with E-state index in [1.54, 1.807) is 0 Å². The molecule has 1 heteroatoms. The number of nitrogens with zero attached hydrogens (tertiary/aromatic N) is 1. The summed E-state index contributed by atoms with van der Waals surface area (Å²) in [4.78, 5) is 4.68. The molecule has 0 radical (unpaired) electrons. The van der Waals surface area contributed by atoms with Crippen LogP contribution in [0, 0.1) is 6.92 Å². The summed E-state index contributed by atoms with van der Waals surface area (Å²) in [5.41, 5.74) is 6.66. The van der Waals surface area contributed by atoms with Gasteiger partial charge in [0.25, 0.3) is 0 Å². The third kappa shape index (κ3) is 6.70. The minimum atomic E-state index is 1.08. The summed E-state index contributed by atoms with van der Waals surface area (Å²) in [5.74, 6) is 0. The molecule has 0 bridgehead atoms. The first-order valence-electron chi connectivity index (χ1n) is 11.7. The van der Waals surface area contributed by atoms with Crippen molar-refractivity contribution in [1.29, 1.82) is 0 Å². The molecular weight excluding hydrogens is 350 g/mol. The summed E-state index contributed by atoms with van der Waals surface area (Å²) in [6.07, 6.45) is 12.2. The number of rotatable bonds is 9. The summed E-state index contributed by atoms with van der Waals surface area (Å²) < 4.78 is 0. The van der Waals surface area contributed by atoms with Crippen LogP contribution in [0.15, 0.2) is 48.7 Å². The van der Waals surface area contributed by atoms with Crippen LogP contribution in [0.3, 0.4) is 0 Å². The summed E-state index contributed by atoms with van der Waals surface area (Å²) in [6, 6.07) is 15.9. The van der Waals surface area contributed by atoms with E-state index < -0.39 is 0 Å². The maximum atomic E-state index is 4.68. The van der Waals surface area contributed by atoms with E-state index in [0.29, 0.717) is 0 Å². The maximum Gasteiger partial charge on any atom is 0.0410 e. The molecule has 0 unspecified atom stereocenters. The zero-order valence-corrected chi connectivity index (χ0v) is 19.2. The first-order chi connectivity index (χ1) is 14.2. The van der Waals surface area contributed by atoms with E-state index in [9.17, 15) is 0 Å². The maximum absolute atomic E-state index is 4.68. The Morgan fingerprint density at radius 2 is 1.41 bits per heavy atom. The lowest BCUT2D eigenvalue weighted by atomic mass is 9.97. The predicted octanol–water partition coefficient (Wildman–Crippen LogP) is 8.70. The van der Waals surface area contributed by atoms with Crippen LogP contribution in [0.4, 0.5) is 0 Å². The quantitative estimate of drug-likeness (QED) is 0.333. The van der Waals surface area contributed by atoms with E-state index in [0.717, 1.165) is 12.8 Å². The Hall–Kier alpha value is -2.15. The Morgan fingerprint density at radius 1 is 0.724 bits per heavy atom. The molecule has 156 valence electrons. The molecule has 0 saturated heterocycles. The van der Waals surface area contributed by atoms with E-state index in [2.05, 4.69) is 68.2 Å². The molecule has 1 aromatic heterocycles. The van der Waals surface area contributed by atoms with Gasteiger partial charge in [0, 0.05) is 17.3 Å². The minimum absolute atomic E-state index is 1.08. The Balaban J connectivity index is 0.00000145. The molecule has 3 aromatic rings. The molecule has 1 heterocycles. The molecule has 0 N–H and O–H groups in total. The lowest BCUT2D eigenvalue weighted by molar-refractivity contribution is 0.605. The van der Waals surface area contributed by atoms with Crippen molar-refractivity contribution in [2.45, 2.75) is 86.0 Å². The fraction of sp³-hybridized carbons (Fsp3) is 0.464. The average molecular weight is 390 g/mol. The molecule has 0 atom stereocenters. The van der Waals surface area contributed by atoms with Crippen molar-refractivity contribution in [2.24, 2.45) is 0 Å². The molecule has 0 aliphatic heterocycles. The van der Waals surface area contributed by atoms with Crippen LogP contribution in [-0.4, -0.2) is 4.98 Å². The molecule has 3 rings (SSSR count). The Morgan fingerprint density at radius 3 is 2.17 bits per heavy atom. The molecule has 0 aliphatic rings. The molecule has 0 amide bonds. The van der Waals surface area contributed by atoms with Gasteiger partial charge in [0.2, 0.25) is 0 Å². The van der Waals surface area contributed by atoms with Crippen LogP contribution in [0.2, 0.25) is 0 Å². The normalized spacial score (nSPS) is 10.7. The zero-order chi connectivity index (χ0) is 21.1. The minimum Gasteiger partial charge on any atom is -0.261 e. The molecule has 1 nitrogen and oxygen atoms in total. The van der Waals surface area contributed by atoms with Crippen LogP contribution in [0.25, 0.3) is 21.9 Å². The summed E-state index contributed by atoms with van der Waals surface area (Å²) in [7, 11) is 0. The second-order valence-electron chi connectivity index (χ2n) is 7.75. The number of aromatic nitrogens is 1. The van der Waals surface area contributed by atoms with E-state index in [4.69, 9.17) is 0 Å². The molecular formula is C28H39N. The van der Waals surface area contributed by atoms with Crippen LogP contribution in [0.1, 0.15) is 83.0 Å². The number of hydrogen-bond acceptors (Lipinski definition) is 1. The van der Waals surface area contributed by atoms with Gasteiger partial charge >= 0.3 is 0 Å². The van der Waals surface area contributed by atoms with Gasteiger partial charge in [0.05, 0.1) is 0 Å². The van der Waals surface area contributed by atoms with Crippen molar-refractivity contribution >= 4 is 10.8 Å². The van der Waals surface area contributed by atoms with Crippen LogP contribution in [-0.2, 0) is 12.8 Å². The molecule has 0 saturated carbocycles. The van der Waals surface area contributed by atoms with Gasteiger partial charge in [0.15, 0.2) is 0 Å². The van der Waals surface area contributed by atoms with Gasteiger partial charge in [-0.1, -0.05) is 90.1 Å². The monoisotopic (exact) mass is 389 g/mol. The van der Waals surface area contributed by atoms with Crippen molar-refractivity contribution < 1.29 is 0 Å². The molecule has 29 heavy (non-hydrogen) atoms. The van der Waals surface area contributed by atoms with Gasteiger partial charge in [-0.2, -0.15) is 0 Å². The summed E-state index contributed by atoms with van der Waals surface area (Å²) >= 11 is 0. The second kappa shape index (κ2) is 12.4. The first-order valence-corrected chi connectivity index (χ1v) is 11.7.